The fourth-order valence-electron chi connectivity index (χ4n) is 1.27. The monoisotopic (exact) mass is 221 g/mol. The lowest BCUT2D eigenvalue weighted by Gasteiger charge is -2.12. The maximum Gasteiger partial charge on any atom is 0.188 e. The van der Waals surface area contributed by atoms with Crippen LogP contribution in [0, 0.1) is 0 Å². The van der Waals surface area contributed by atoms with Crippen LogP contribution in [0.2, 0.25) is 0 Å². The van der Waals surface area contributed by atoms with Crippen LogP contribution in [-0.2, 0) is 4.74 Å². The molecule has 0 aromatic heterocycles. The Morgan fingerprint density at radius 2 is 1.81 bits per heavy atom. The summed E-state index contributed by atoms with van der Waals surface area (Å²) < 4.78 is 5.28. The van der Waals surface area contributed by atoms with Crippen molar-refractivity contribution in [2.45, 2.75) is 20.0 Å². The van der Waals surface area contributed by atoms with E-state index < -0.39 is 0 Å². The van der Waals surface area contributed by atoms with Gasteiger partial charge in [0.25, 0.3) is 0 Å². The lowest BCUT2D eigenvalue weighted by Crippen LogP contribution is -2.14. The molecule has 3 heteroatoms. The van der Waals surface area contributed by atoms with Gasteiger partial charge in [0.05, 0.1) is 6.10 Å². The van der Waals surface area contributed by atoms with Crippen LogP contribution in [0.25, 0.3) is 0 Å². The third kappa shape index (κ3) is 3.66. The topological polar surface area (TPSA) is 29.5 Å². The second-order valence-electron chi connectivity index (χ2n) is 4.22. The second-order valence-corrected chi connectivity index (χ2v) is 4.22. The molecule has 0 aliphatic rings. The summed E-state index contributed by atoms with van der Waals surface area (Å²) in [4.78, 5) is 13.7. The summed E-state index contributed by atoms with van der Waals surface area (Å²) in [6.45, 7) is 3.99. The van der Waals surface area contributed by atoms with E-state index in [1.807, 2.05) is 57.1 Å². The molecule has 0 radical (unpaired) electrons. The van der Waals surface area contributed by atoms with E-state index in [2.05, 4.69) is 0 Å². The minimum atomic E-state index is 0.0269. The van der Waals surface area contributed by atoms with Gasteiger partial charge in [0, 0.05) is 25.3 Å². The fourth-order valence-corrected chi connectivity index (χ4v) is 1.27. The van der Waals surface area contributed by atoms with Crippen molar-refractivity contribution in [3.8, 4) is 0 Å². The van der Waals surface area contributed by atoms with Gasteiger partial charge < -0.3 is 9.64 Å². The highest BCUT2D eigenvalue weighted by Gasteiger charge is 2.07. The van der Waals surface area contributed by atoms with E-state index in [1.165, 1.54) is 0 Å². The molecule has 3 nitrogen and oxygen atoms in total. The Kier molecular flexibility index (Phi) is 4.50. The third-order valence-electron chi connectivity index (χ3n) is 2.25. The molecular weight excluding hydrogens is 202 g/mol. The van der Waals surface area contributed by atoms with E-state index in [9.17, 15) is 4.79 Å². The molecule has 1 aromatic carbocycles. The van der Waals surface area contributed by atoms with E-state index >= 15 is 0 Å². The maximum absolute atomic E-state index is 11.7. The molecule has 0 aliphatic heterocycles. The number of carbonyl (C=O) groups is 1. The lowest BCUT2D eigenvalue weighted by molar-refractivity contribution is 0.0585. The van der Waals surface area contributed by atoms with Gasteiger partial charge in [0.1, 0.15) is 6.61 Å². The predicted octanol–water partition coefficient (Wildman–Crippen LogP) is 2.36. The van der Waals surface area contributed by atoms with Gasteiger partial charge in [-0.3, -0.25) is 4.79 Å². The molecule has 0 N–H and O–H groups in total. The summed E-state index contributed by atoms with van der Waals surface area (Å²) in [6.07, 6.45) is 0.0880. The molecule has 0 heterocycles. The highest BCUT2D eigenvalue weighted by atomic mass is 16.5. The zero-order chi connectivity index (χ0) is 12.1. The van der Waals surface area contributed by atoms with Gasteiger partial charge in [-0.25, -0.2) is 0 Å². The van der Waals surface area contributed by atoms with Gasteiger partial charge in [-0.15, -0.1) is 0 Å². The summed E-state index contributed by atoms with van der Waals surface area (Å²) in [5, 5.41) is 0. The van der Waals surface area contributed by atoms with E-state index in [-0.39, 0.29) is 18.5 Å². The first-order valence-electron chi connectivity index (χ1n) is 5.43. The minimum Gasteiger partial charge on any atom is -0.378 e. The molecule has 0 fully saturated rings. The molecule has 0 saturated carbocycles. The highest BCUT2D eigenvalue weighted by Crippen LogP contribution is 2.12. The largest absolute Gasteiger partial charge is 0.378 e. The Labute approximate surface area is 97.0 Å². The van der Waals surface area contributed by atoms with Crippen molar-refractivity contribution in [3.63, 3.8) is 0 Å². The second kappa shape index (κ2) is 5.66. The number of hydrogen-bond acceptors (Lipinski definition) is 3. The zero-order valence-corrected chi connectivity index (χ0v) is 10.4. The van der Waals surface area contributed by atoms with Crippen LogP contribution in [0.3, 0.4) is 0 Å². The van der Waals surface area contributed by atoms with Gasteiger partial charge in [-0.1, -0.05) is 0 Å². The van der Waals surface area contributed by atoms with Crippen LogP contribution in [-0.4, -0.2) is 32.6 Å². The Hall–Kier alpha value is -1.35. The molecule has 16 heavy (non-hydrogen) atoms. The van der Waals surface area contributed by atoms with Crippen molar-refractivity contribution in [1.29, 1.82) is 0 Å². The Balaban J connectivity index is 2.63. The van der Waals surface area contributed by atoms with E-state index in [4.69, 9.17) is 4.74 Å². The summed E-state index contributed by atoms with van der Waals surface area (Å²) >= 11 is 0. The Bertz CT molecular complexity index is 341. The standard InChI is InChI=1S/C13H19NO2/c1-10(2)16-9-13(15)11-5-7-12(8-6-11)14(3)4/h5-8,10H,9H2,1-4H3. The lowest BCUT2D eigenvalue weighted by atomic mass is 10.1. The van der Waals surface area contributed by atoms with Crippen LogP contribution in [0.5, 0.6) is 0 Å². The Morgan fingerprint density at radius 3 is 2.25 bits per heavy atom. The first kappa shape index (κ1) is 12.7. The number of nitrogens with zero attached hydrogens (tertiary/aromatic N) is 1. The molecule has 0 spiro atoms. The SMILES string of the molecule is CC(C)OCC(=O)c1ccc(N(C)C)cc1. The molecule has 0 bridgehead atoms. The fraction of sp³-hybridized carbons (Fsp3) is 0.462. The molecule has 0 atom stereocenters. The van der Waals surface area contributed by atoms with E-state index in [1.54, 1.807) is 0 Å². The number of anilines is 1. The van der Waals surface area contributed by atoms with Crippen molar-refractivity contribution >= 4 is 11.5 Å². The van der Waals surface area contributed by atoms with E-state index in [0.29, 0.717) is 5.56 Å². The Morgan fingerprint density at radius 1 is 1.25 bits per heavy atom. The van der Waals surface area contributed by atoms with Crippen molar-refractivity contribution in [2.24, 2.45) is 0 Å². The molecule has 0 aliphatic carbocycles. The van der Waals surface area contributed by atoms with Crippen LogP contribution >= 0.6 is 0 Å². The van der Waals surface area contributed by atoms with Crippen LogP contribution in [0.4, 0.5) is 5.69 Å². The summed E-state index contributed by atoms with van der Waals surface area (Å²) in [6, 6.07) is 7.54. The summed E-state index contributed by atoms with van der Waals surface area (Å²) in [7, 11) is 3.94. The predicted molar refractivity (Wildman–Crippen MR) is 66.2 cm³/mol. The molecule has 0 saturated heterocycles. The average Bonchev–Trinajstić information content (AvgIpc) is 2.26. The molecule has 0 unspecified atom stereocenters. The van der Waals surface area contributed by atoms with Crippen LogP contribution < -0.4 is 4.90 Å². The number of carbonyl (C=O) groups excluding carboxylic acids is 1. The van der Waals surface area contributed by atoms with Crippen molar-refractivity contribution in [1.82, 2.24) is 0 Å². The van der Waals surface area contributed by atoms with Crippen molar-refractivity contribution in [3.05, 3.63) is 29.8 Å². The van der Waals surface area contributed by atoms with Gasteiger partial charge in [-0.2, -0.15) is 0 Å². The molecule has 1 rings (SSSR count). The normalized spacial score (nSPS) is 10.6. The van der Waals surface area contributed by atoms with E-state index in [0.717, 1.165) is 5.69 Å². The first-order chi connectivity index (χ1) is 7.50. The molecule has 1 aromatic rings. The van der Waals surface area contributed by atoms with Gasteiger partial charge >= 0.3 is 0 Å². The summed E-state index contributed by atoms with van der Waals surface area (Å²) in [5.74, 6) is 0.0269. The van der Waals surface area contributed by atoms with Crippen molar-refractivity contribution < 1.29 is 9.53 Å². The molecular formula is C13H19NO2. The number of Topliss-reactive ketones (excluding diaryl/α,β-unsaturated/α-hetero) is 1. The number of rotatable bonds is 5. The minimum absolute atomic E-state index is 0.0269. The number of hydrogen-bond donors (Lipinski definition) is 0. The molecule has 0 amide bonds. The third-order valence-corrected chi connectivity index (χ3v) is 2.25. The smallest absolute Gasteiger partial charge is 0.188 e. The van der Waals surface area contributed by atoms with Crippen molar-refractivity contribution in [2.75, 3.05) is 25.6 Å². The average molecular weight is 221 g/mol. The first-order valence-corrected chi connectivity index (χ1v) is 5.43. The highest BCUT2D eigenvalue weighted by molar-refractivity contribution is 5.97. The van der Waals surface area contributed by atoms with Gasteiger partial charge in [0.15, 0.2) is 5.78 Å². The quantitative estimate of drug-likeness (QED) is 0.715. The summed E-state index contributed by atoms with van der Waals surface area (Å²) in [5.41, 5.74) is 1.78. The number of benzene rings is 1. The van der Waals surface area contributed by atoms with Gasteiger partial charge in [0.2, 0.25) is 0 Å². The van der Waals surface area contributed by atoms with Crippen LogP contribution in [0.15, 0.2) is 24.3 Å². The number of ketones is 1. The maximum atomic E-state index is 11.7. The number of ether oxygens (including phenoxy) is 1. The van der Waals surface area contributed by atoms with Gasteiger partial charge in [-0.05, 0) is 38.1 Å². The molecule has 88 valence electrons. The zero-order valence-electron chi connectivity index (χ0n) is 10.4. The van der Waals surface area contributed by atoms with Crippen LogP contribution in [0.1, 0.15) is 24.2 Å².